The molecule has 1 aromatic rings. The summed E-state index contributed by atoms with van der Waals surface area (Å²) in [4.78, 5) is 0. The monoisotopic (exact) mass is 212 g/mol. The lowest BCUT2D eigenvalue weighted by molar-refractivity contribution is 0.795. The SMILES string of the molecule is C=C/C(=C(\C=C)C(C)C)c1cccc(C)c1. The van der Waals surface area contributed by atoms with Crippen molar-refractivity contribution in [2.45, 2.75) is 20.8 Å². The molecule has 16 heavy (non-hydrogen) atoms. The van der Waals surface area contributed by atoms with Crippen LogP contribution in [0.15, 0.2) is 55.1 Å². The first-order valence-corrected chi connectivity index (χ1v) is 5.66. The summed E-state index contributed by atoms with van der Waals surface area (Å²) in [5.74, 6) is 0.464. The van der Waals surface area contributed by atoms with Crippen LogP contribution in [0.3, 0.4) is 0 Å². The van der Waals surface area contributed by atoms with Gasteiger partial charge in [-0.15, -0.1) is 0 Å². The van der Waals surface area contributed by atoms with Crippen LogP contribution in [0.4, 0.5) is 0 Å². The van der Waals surface area contributed by atoms with Crippen LogP contribution < -0.4 is 0 Å². The molecule has 0 saturated carbocycles. The van der Waals surface area contributed by atoms with Crippen molar-refractivity contribution in [3.63, 3.8) is 0 Å². The fourth-order valence-electron chi connectivity index (χ4n) is 1.87. The molecule has 1 aromatic carbocycles. The van der Waals surface area contributed by atoms with Crippen molar-refractivity contribution >= 4 is 5.57 Å². The molecule has 0 bridgehead atoms. The van der Waals surface area contributed by atoms with Gasteiger partial charge in [-0.25, -0.2) is 0 Å². The molecular weight excluding hydrogens is 192 g/mol. The maximum atomic E-state index is 3.91. The quantitative estimate of drug-likeness (QED) is 0.630. The van der Waals surface area contributed by atoms with E-state index in [0.717, 1.165) is 0 Å². The average Bonchev–Trinajstić information content (AvgIpc) is 2.25. The Labute approximate surface area is 99.0 Å². The Morgan fingerprint density at radius 1 is 1.19 bits per heavy atom. The van der Waals surface area contributed by atoms with E-state index in [2.05, 4.69) is 58.2 Å². The molecule has 0 amide bonds. The van der Waals surface area contributed by atoms with E-state index in [-0.39, 0.29) is 0 Å². The zero-order valence-corrected chi connectivity index (χ0v) is 10.5. The van der Waals surface area contributed by atoms with Gasteiger partial charge in [0.2, 0.25) is 0 Å². The maximum Gasteiger partial charge on any atom is -0.0155 e. The van der Waals surface area contributed by atoms with Gasteiger partial charge in [-0.1, -0.05) is 69.0 Å². The summed E-state index contributed by atoms with van der Waals surface area (Å²) >= 11 is 0. The lowest BCUT2D eigenvalue weighted by atomic mass is 9.92. The summed E-state index contributed by atoms with van der Waals surface area (Å²) in [7, 11) is 0. The molecule has 0 spiro atoms. The summed E-state index contributed by atoms with van der Waals surface area (Å²) in [6, 6.07) is 8.49. The van der Waals surface area contributed by atoms with E-state index in [4.69, 9.17) is 0 Å². The molecule has 0 aliphatic carbocycles. The second kappa shape index (κ2) is 5.50. The normalized spacial score (nSPS) is 12.2. The first-order chi connectivity index (χ1) is 7.60. The fourth-order valence-corrected chi connectivity index (χ4v) is 1.87. The Bertz CT molecular complexity index is 419. The van der Waals surface area contributed by atoms with Gasteiger partial charge in [0.25, 0.3) is 0 Å². The van der Waals surface area contributed by atoms with Crippen molar-refractivity contribution < 1.29 is 0 Å². The molecule has 0 atom stereocenters. The van der Waals surface area contributed by atoms with Crippen LogP contribution in [0.25, 0.3) is 5.57 Å². The van der Waals surface area contributed by atoms with Gasteiger partial charge in [0.05, 0.1) is 0 Å². The van der Waals surface area contributed by atoms with Crippen molar-refractivity contribution in [1.29, 1.82) is 0 Å². The van der Waals surface area contributed by atoms with Gasteiger partial charge in [-0.05, 0) is 29.6 Å². The standard InChI is InChI=1S/C16H20/c1-6-15(12(3)4)16(7-2)14-10-8-9-13(5)11-14/h6-12H,1-2H2,3-5H3/b16-15-. The third-order valence-electron chi connectivity index (χ3n) is 2.69. The molecule has 84 valence electrons. The van der Waals surface area contributed by atoms with Gasteiger partial charge in [0.1, 0.15) is 0 Å². The molecule has 0 aromatic heterocycles. The van der Waals surface area contributed by atoms with Crippen LogP contribution in [0.2, 0.25) is 0 Å². The summed E-state index contributed by atoms with van der Waals surface area (Å²) in [6.07, 6.45) is 3.86. The highest BCUT2D eigenvalue weighted by molar-refractivity contribution is 5.78. The highest BCUT2D eigenvalue weighted by Crippen LogP contribution is 2.26. The zero-order chi connectivity index (χ0) is 12.1. The maximum absolute atomic E-state index is 3.91. The molecule has 0 saturated heterocycles. The van der Waals surface area contributed by atoms with Crippen LogP contribution in [-0.2, 0) is 0 Å². The Hall–Kier alpha value is -1.56. The van der Waals surface area contributed by atoms with Gasteiger partial charge < -0.3 is 0 Å². The topological polar surface area (TPSA) is 0 Å². The van der Waals surface area contributed by atoms with Crippen LogP contribution in [0, 0.1) is 12.8 Å². The van der Waals surface area contributed by atoms with Crippen LogP contribution in [0.5, 0.6) is 0 Å². The van der Waals surface area contributed by atoms with Crippen LogP contribution in [0.1, 0.15) is 25.0 Å². The molecular formula is C16H20. The van der Waals surface area contributed by atoms with Gasteiger partial charge in [-0.2, -0.15) is 0 Å². The van der Waals surface area contributed by atoms with E-state index in [1.165, 1.54) is 22.3 Å². The van der Waals surface area contributed by atoms with E-state index in [0.29, 0.717) is 5.92 Å². The van der Waals surface area contributed by atoms with E-state index < -0.39 is 0 Å². The van der Waals surface area contributed by atoms with E-state index in [9.17, 15) is 0 Å². The lowest BCUT2D eigenvalue weighted by Crippen LogP contribution is -1.95. The Morgan fingerprint density at radius 2 is 1.88 bits per heavy atom. The third kappa shape index (κ3) is 2.73. The summed E-state index contributed by atoms with van der Waals surface area (Å²) < 4.78 is 0. The van der Waals surface area contributed by atoms with Gasteiger partial charge in [0.15, 0.2) is 0 Å². The number of aryl methyl sites for hydroxylation is 1. The first kappa shape index (κ1) is 12.5. The highest BCUT2D eigenvalue weighted by Gasteiger charge is 2.07. The number of benzene rings is 1. The molecule has 0 heterocycles. The van der Waals surface area contributed by atoms with Crippen molar-refractivity contribution in [1.82, 2.24) is 0 Å². The van der Waals surface area contributed by atoms with E-state index in [1.54, 1.807) is 0 Å². The van der Waals surface area contributed by atoms with E-state index in [1.807, 2.05) is 12.2 Å². The molecule has 0 N–H and O–H groups in total. The molecule has 0 unspecified atom stereocenters. The Balaban J connectivity index is 3.36. The number of allylic oxidation sites excluding steroid dienone is 4. The second-order valence-corrected chi connectivity index (χ2v) is 4.30. The molecule has 0 fully saturated rings. The molecule has 0 radical (unpaired) electrons. The molecule has 0 nitrogen and oxygen atoms in total. The van der Waals surface area contributed by atoms with Crippen molar-refractivity contribution in [2.24, 2.45) is 5.92 Å². The molecule has 0 heteroatoms. The number of hydrogen-bond donors (Lipinski definition) is 0. The minimum absolute atomic E-state index is 0.464. The second-order valence-electron chi connectivity index (χ2n) is 4.30. The van der Waals surface area contributed by atoms with Crippen molar-refractivity contribution in [3.8, 4) is 0 Å². The van der Waals surface area contributed by atoms with Gasteiger partial charge in [-0.3, -0.25) is 0 Å². The first-order valence-electron chi connectivity index (χ1n) is 5.66. The molecule has 0 aliphatic heterocycles. The summed E-state index contributed by atoms with van der Waals surface area (Å²) in [6.45, 7) is 14.3. The predicted molar refractivity (Wildman–Crippen MR) is 73.3 cm³/mol. The fraction of sp³-hybridized carbons (Fsp3) is 0.250. The summed E-state index contributed by atoms with van der Waals surface area (Å²) in [5, 5.41) is 0. The van der Waals surface area contributed by atoms with Crippen LogP contribution >= 0.6 is 0 Å². The molecule has 1 rings (SSSR count). The minimum atomic E-state index is 0.464. The van der Waals surface area contributed by atoms with Gasteiger partial charge >= 0.3 is 0 Å². The predicted octanol–water partition coefficient (Wildman–Crippen LogP) is 4.78. The number of rotatable bonds is 4. The van der Waals surface area contributed by atoms with Crippen molar-refractivity contribution in [3.05, 3.63) is 66.3 Å². The van der Waals surface area contributed by atoms with Crippen LogP contribution in [-0.4, -0.2) is 0 Å². The Kier molecular flexibility index (Phi) is 4.30. The average molecular weight is 212 g/mol. The van der Waals surface area contributed by atoms with E-state index >= 15 is 0 Å². The lowest BCUT2D eigenvalue weighted by Gasteiger charge is -2.13. The minimum Gasteiger partial charge on any atom is -0.0988 e. The molecule has 0 aliphatic rings. The largest absolute Gasteiger partial charge is 0.0988 e. The summed E-state index contributed by atoms with van der Waals surface area (Å²) in [5.41, 5.74) is 4.93. The van der Waals surface area contributed by atoms with Gasteiger partial charge in [0, 0.05) is 0 Å². The Morgan fingerprint density at radius 3 is 2.31 bits per heavy atom. The van der Waals surface area contributed by atoms with Crippen molar-refractivity contribution in [2.75, 3.05) is 0 Å². The highest BCUT2D eigenvalue weighted by atomic mass is 14.1. The zero-order valence-electron chi connectivity index (χ0n) is 10.5. The smallest absolute Gasteiger partial charge is 0.0155 e. The number of hydrogen-bond acceptors (Lipinski definition) is 0. The third-order valence-corrected chi connectivity index (χ3v) is 2.69.